The molecular formula is C13H18ClN3O. The summed E-state index contributed by atoms with van der Waals surface area (Å²) in [6, 6.07) is 2.14. The maximum atomic E-state index is 6.06. The Morgan fingerprint density at radius 2 is 2.11 bits per heavy atom. The van der Waals surface area contributed by atoms with Gasteiger partial charge in [-0.2, -0.15) is 0 Å². The van der Waals surface area contributed by atoms with Crippen LogP contribution in [0.4, 0.5) is 5.82 Å². The first-order valence-electron chi connectivity index (χ1n) is 6.60. The van der Waals surface area contributed by atoms with Crippen LogP contribution in [0.2, 0.25) is 5.15 Å². The fraction of sp³-hybridized carbons (Fsp3) is 0.692. The lowest BCUT2D eigenvalue weighted by Gasteiger charge is -2.20. The number of aromatic nitrogens is 2. The molecule has 0 bridgehead atoms. The Morgan fingerprint density at radius 3 is 2.83 bits per heavy atom. The topological polar surface area (TPSA) is 47.0 Å². The molecule has 0 aliphatic heterocycles. The van der Waals surface area contributed by atoms with Gasteiger partial charge < -0.3 is 10.1 Å². The highest BCUT2D eigenvalue weighted by Gasteiger charge is 2.29. The van der Waals surface area contributed by atoms with E-state index in [0.29, 0.717) is 17.1 Å². The molecule has 1 aromatic rings. The number of anilines is 1. The molecule has 1 heterocycles. The zero-order valence-corrected chi connectivity index (χ0v) is 11.3. The molecule has 98 valence electrons. The number of hydrogen-bond acceptors (Lipinski definition) is 4. The van der Waals surface area contributed by atoms with E-state index in [4.69, 9.17) is 16.3 Å². The second kappa shape index (κ2) is 5.02. The number of nitrogens with zero attached hydrogens (tertiary/aromatic N) is 2. The van der Waals surface area contributed by atoms with E-state index in [2.05, 4.69) is 15.3 Å². The van der Waals surface area contributed by atoms with Crippen LogP contribution in [-0.2, 0) is 4.74 Å². The van der Waals surface area contributed by atoms with E-state index in [9.17, 15) is 0 Å². The van der Waals surface area contributed by atoms with Gasteiger partial charge in [-0.1, -0.05) is 11.6 Å². The quantitative estimate of drug-likeness (QED) is 0.852. The highest BCUT2D eigenvalue weighted by atomic mass is 35.5. The van der Waals surface area contributed by atoms with Crippen LogP contribution in [0.25, 0.3) is 0 Å². The van der Waals surface area contributed by atoms with Crippen LogP contribution < -0.4 is 5.32 Å². The van der Waals surface area contributed by atoms with Gasteiger partial charge in [-0.25, -0.2) is 9.97 Å². The molecule has 4 nitrogen and oxygen atoms in total. The molecule has 2 unspecified atom stereocenters. The fourth-order valence-corrected chi connectivity index (χ4v) is 2.79. The predicted molar refractivity (Wildman–Crippen MR) is 71.1 cm³/mol. The van der Waals surface area contributed by atoms with Gasteiger partial charge in [0.1, 0.15) is 16.8 Å². The van der Waals surface area contributed by atoms with Crippen molar-refractivity contribution in [3.05, 3.63) is 17.0 Å². The molecule has 0 saturated heterocycles. The van der Waals surface area contributed by atoms with E-state index >= 15 is 0 Å². The number of hydrogen-bond donors (Lipinski definition) is 1. The lowest BCUT2D eigenvalue weighted by Crippen LogP contribution is -2.30. The summed E-state index contributed by atoms with van der Waals surface area (Å²) in [4.78, 5) is 8.86. The minimum Gasteiger partial charge on any atom is -0.379 e. The monoisotopic (exact) mass is 267 g/mol. The molecule has 0 aromatic carbocycles. The summed E-state index contributed by atoms with van der Waals surface area (Å²) < 4.78 is 5.48. The molecule has 2 aliphatic carbocycles. The van der Waals surface area contributed by atoms with Crippen molar-refractivity contribution < 1.29 is 4.74 Å². The third-order valence-corrected chi connectivity index (χ3v) is 3.94. The van der Waals surface area contributed by atoms with E-state index in [1.165, 1.54) is 19.3 Å². The summed E-state index contributed by atoms with van der Waals surface area (Å²) in [6.45, 7) is 0. The van der Waals surface area contributed by atoms with E-state index in [1.807, 2.05) is 0 Å². The molecule has 0 spiro atoms. The maximum Gasteiger partial charge on any atom is 0.135 e. The average Bonchev–Trinajstić information content (AvgIpc) is 3.10. The van der Waals surface area contributed by atoms with E-state index in [1.54, 1.807) is 13.2 Å². The van der Waals surface area contributed by atoms with Crippen molar-refractivity contribution >= 4 is 17.4 Å². The lowest BCUT2D eigenvalue weighted by atomic mass is 10.2. The summed E-state index contributed by atoms with van der Waals surface area (Å²) in [5.74, 6) is 2.24. The number of halogens is 1. The van der Waals surface area contributed by atoms with Crippen molar-refractivity contribution in [3.63, 3.8) is 0 Å². The lowest BCUT2D eigenvalue weighted by molar-refractivity contribution is 0.101. The van der Waals surface area contributed by atoms with Gasteiger partial charge in [0.15, 0.2) is 0 Å². The zero-order chi connectivity index (χ0) is 12.5. The Balaban J connectivity index is 1.75. The van der Waals surface area contributed by atoms with Crippen molar-refractivity contribution in [2.24, 2.45) is 0 Å². The van der Waals surface area contributed by atoms with Gasteiger partial charge in [-0.3, -0.25) is 0 Å². The van der Waals surface area contributed by atoms with Crippen molar-refractivity contribution in [2.75, 3.05) is 12.4 Å². The maximum absolute atomic E-state index is 6.06. The molecule has 2 atom stereocenters. The first kappa shape index (κ1) is 12.2. The predicted octanol–water partition coefficient (Wildman–Crippen LogP) is 2.99. The number of nitrogens with one attached hydrogen (secondary N) is 1. The molecule has 0 radical (unpaired) electrons. The van der Waals surface area contributed by atoms with Gasteiger partial charge in [0.2, 0.25) is 0 Å². The summed E-state index contributed by atoms with van der Waals surface area (Å²) in [5, 5.41) is 3.97. The Kier molecular flexibility index (Phi) is 3.39. The number of rotatable bonds is 4. The van der Waals surface area contributed by atoms with E-state index < -0.39 is 0 Å². The first-order chi connectivity index (χ1) is 8.76. The molecule has 2 saturated carbocycles. The van der Waals surface area contributed by atoms with Crippen LogP contribution in [0.5, 0.6) is 0 Å². The van der Waals surface area contributed by atoms with Crippen LogP contribution in [0, 0.1) is 0 Å². The van der Waals surface area contributed by atoms with Gasteiger partial charge in [-0.15, -0.1) is 0 Å². The SMILES string of the molecule is COC1CCCC1Nc1cc(Cl)nc(C2CC2)n1. The fourth-order valence-electron chi connectivity index (χ4n) is 2.60. The molecule has 2 fully saturated rings. The normalized spacial score (nSPS) is 27.4. The second-order valence-electron chi connectivity index (χ2n) is 5.16. The first-order valence-corrected chi connectivity index (χ1v) is 6.98. The van der Waals surface area contributed by atoms with Crippen LogP contribution in [0.15, 0.2) is 6.07 Å². The Hall–Kier alpha value is -0.870. The molecule has 18 heavy (non-hydrogen) atoms. The summed E-state index contributed by atoms with van der Waals surface area (Å²) in [7, 11) is 1.77. The number of ether oxygens (including phenoxy) is 1. The van der Waals surface area contributed by atoms with Gasteiger partial charge in [0, 0.05) is 19.1 Å². The van der Waals surface area contributed by atoms with Crippen LogP contribution in [0.3, 0.4) is 0 Å². The second-order valence-corrected chi connectivity index (χ2v) is 5.55. The van der Waals surface area contributed by atoms with Gasteiger partial charge >= 0.3 is 0 Å². The Labute approximate surface area is 112 Å². The minimum absolute atomic E-state index is 0.281. The van der Waals surface area contributed by atoms with Gasteiger partial charge in [-0.05, 0) is 32.1 Å². The average molecular weight is 268 g/mol. The summed E-state index contributed by atoms with van der Waals surface area (Å²) in [6.07, 6.45) is 6.09. The highest BCUT2D eigenvalue weighted by molar-refractivity contribution is 6.29. The smallest absolute Gasteiger partial charge is 0.135 e. The van der Waals surface area contributed by atoms with Crippen LogP contribution >= 0.6 is 11.6 Å². The zero-order valence-electron chi connectivity index (χ0n) is 10.5. The molecule has 1 aromatic heterocycles. The Morgan fingerprint density at radius 1 is 1.28 bits per heavy atom. The third kappa shape index (κ3) is 2.59. The van der Waals surface area contributed by atoms with E-state index in [0.717, 1.165) is 24.5 Å². The summed E-state index contributed by atoms with van der Waals surface area (Å²) >= 11 is 6.06. The molecule has 0 amide bonds. The molecular weight excluding hydrogens is 250 g/mol. The largest absolute Gasteiger partial charge is 0.379 e. The third-order valence-electron chi connectivity index (χ3n) is 3.74. The molecule has 1 N–H and O–H groups in total. The molecule has 2 aliphatic rings. The van der Waals surface area contributed by atoms with Gasteiger partial charge in [0.25, 0.3) is 0 Å². The summed E-state index contributed by atoms with van der Waals surface area (Å²) in [5.41, 5.74) is 0. The Bertz CT molecular complexity index is 436. The van der Waals surface area contributed by atoms with Crippen molar-refractivity contribution in [1.82, 2.24) is 9.97 Å². The highest BCUT2D eigenvalue weighted by Crippen LogP contribution is 2.39. The standard InChI is InChI=1S/C13H18ClN3O/c1-18-10-4-2-3-9(10)15-12-7-11(14)16-13(17-12)8-5-6-8/h7-10H,2-6H2,1H3,(H,15,16,17). The molecule has 5 heteroatoms. The number of methoxy groups -OCH3 is 1. The van der Waals surface area contributed by atoms with Crippen molar-refractivity contribution in [2.45, 2.75) is 50.2 Å². The van der Waals surface area contributed by atoms with Crippen molar-refractivity contribution in [1.29, 1.82) is 0 Å². The van der Waals surface area contributed by atoms with E-state index in [-0.39, 0.29) is 6.10 Å². The minimum atomic E-state index is 0.281. The van der Waals surface area contributed by atoms with Crippen LogP contribution in [0.1, 0.15) is 43.8 Å². The molecule has 3 rings (SSSR count). The van der Waals surface area contributed by atoms with Gasteiger partial charge in [0.05, 0.1) is 12.1 Å². The van der Waals surface area contributed by atoms with Crippen LogP contribution in [-0.4, -0.2) is 29.2 Å². The van der Waals surface area contributed by atoms with Crippen molar-refractivity contribution in [3.8, 4) is 0 Å².